The van der Waals surface area contributed by atoms with E-state index in [1.54, 1.807) is 11.3 Å². The van der Waals surface area contributed by atoms with Crippen molar-refractivity contribution < 1.29 is 4.74 Å². The van der Waals surface area contributed by atoms with Crippen LogP contribution in [0.3, 0.4) is 0 Å². The fraction of sp³-hybridized carbons (Fsp3) is 0.533. The summed E-state index contributed by atoms with van der Waals surface area (Å²) in [5, 5.41) is 1.21. The van der Waals surface area contributed by atoms with Gasteiger partial charge in [0.05, 0.1) is 21.8 Å². The van der Waals surface area contributed by atoms with E-state index in [0.29, 0.717) is 5.92 Å². The summed E-state index contributed by atoms with van der Waals surface area (Å²) in [6.45, 7) is 5.91. The first kappa shape index (κ1) is 14.3. The largest absolute Gasteiger partial charge is 0.494 e. The molecule has 1 aromatic carbocycles. The molecule has 0 saturated heterocycles. The van der Waals surface area contributed by atoms with Gasteiger partial charge in [-0.05, 0) is 43.5 Å². The molecule has 104 valence electrons. The van der Waals surface area contributed by atoms with Gasteiger partial charge in [0.25, 0.3) is 0 Å². The van der Waals surface area contributed by atoms with Gasteiger partial charge in [0, 0.05) is 6.42 Å². The number of fused-ring (bicyclic) bond motifs is 1. The molecule has 2 rings (SSSR count). The lowest BCUT2D eigenvalue weighted by Gasteiger charge is -2.04. The third kappa shape index (κ3) is 4.18. The van der Waals surface area contributed by atoms with Crippen molar-refractivity contribution in [3.63, 3.8) is 0 Å². The average Bonchev–Trinajstić information content (AvgIpc) is 2.75. The molecule has 3 nitrogen and oxygen atoms in total. The minimum Gasteiger partial charge on any atom is -0.494 e. The van der Waals surface area contributed by atoms with Crippen LogP contribution in [-0.4, -0.2) is 18.1 Å². The third-order valence-corrected chi connectivity index (χ3v) is 3.89. The highest BCUT2D eigenvalue weighted by molar-refractivity contribution is 7.18. The summed E-state index contributed by atoms with van der Waals surface area (Å²) in [4.78, 5) is 4.65. The number of benzene rings is 1. The number of rotatable bonds is 7. The summed E-state index contributed by atoms with van der Waals surface area (Å²) >= 11 is 1.77. The van der Waals surface area contributed by atoms with Gasteiger partial charge in [-0.15, -0.1) is 11.3 Å². The van der Waals surface area contributed by atoms with Crippen molar-refractivity contribution >= 4 is 21.6 Å². The van der Waals surface area contributed by atoms with E-state index >= 15 is 0 Å². The molecule has 0 atom stereocenters. The molecule has 0 amide bonds. The normalized spacial score (nSPS) is 11.4. The molecule has 19 heavy (non-hydrogen) atoms. The van der Waals surface area contributed by atoms with Gasteiger partial charge in [0.1, 0.15) is 5.75 Å². The second-order valence-corrected chi connectivity index (χ2v) is 6.29. The van der Waals surface area contributed by atoms with Gasteiger partial charge < -0.3 is 10.5 Å². The molecule has 0 aliphatic heterocycles. The van der Waals surface area contributed by atoms with Gasteiger partial charge in [0.2, 0.25) is 0 Å². The summed E-state index contributed by atoms with van der Waals surface area (Å²) in [5.41, 5.74) is 6.54. The Bertz CT molecular complexity index is 522. The zero-order chi connectivity index (χ0) is 13.7. The van der Waals surface area contributed by atoms with Crippen LogP contribution in [0.1, 0.15) is 31.7 Å². The Balaban J connectivity index is 2.03. The van der Waals surface area contributed by atoms with Crippen molar-refractivity contribution in [2.45, 2.75) is 33.1 Å². The van der Waals surface area contributed by atoms with E-state index in [-0.39, 0.29) is 0 Å². The Hall–Kier alpha value is -1.13. The highest BCUT2D eigenvalue weighted by Crippen LogP contribution is 2.27. The van der Waals surface area contributed by atoms with Crippen LogP contribution in [0.5, 0.6) is 5.75 Å². The van der Waals surface area contributed by atoms with E-state index in [1.807, 2.05) is 12.1 Å². The van der Waals surface area contributed by atoms with Gasteiger partial charge in [-0.2, -0.15) is 0 Å². The van der Waals surface area contributed by atoms with Crippen LogP contribution in [0.25, 0.3) is 10.2 Å². The van der Waals surface area contributed by atoms with Crippen molar-refractivity contribution in [2.75, 3.05) is 13.2 Å². The summed E-state index contributed by atoms with van der Waals surface area (Å²) in [5.74, 6) is 1.58. The maximum Gasteiger partial charge on any atom is 0.120 e. The number of hydrogen-bond donors (Lipinski definition) is 1. The summed E-state index contributed by atoms with van der Waals surface area (Å²) in [7, 11) is 0. The van der Waals surface area contributed by atoms with Crippen LogP contribution in [-0.2, 0) is 6.42 Å². The first-order chi connectivity index (χ1) is 9.19. The lowest BCUT2D eigenvalue weighted by Crippen LogP contribution is -2.03. The molecule has 1 aromatic heterocycles. The quantitative estimate of drug-likeness (QED) is 0.787. The van der Waals surface area contributed by atoms with Gasteiger partial charge in [-0.25, -0.2) is 4.98 Å². The topological polar surface area (TPSA) is 48.1 Å². The second-order valence-electron chi connectivity index (χ2n) is 5.18. The van der Waals surface area contributed by atoms with E-state index in [0.717, 1.165) is 43.7 Å². The monoisotopic (exact) mass is 278 g/mol. The number of nitrogens with zero attached hydrogens (tertiary/aromatic N) is 1. The van der Waals surface area contributed by atoms with E-state index in [1.165, 1.54) is 9.71 Å². The fourth-order valence-electron chi connectivity index (χ4n) is 1.92. The van der Waals surface area contributed by atoms with Gasteiger partial charge >= 0.3 is 0 Å². The van der Waals surface area contributed by atoms with Crippen molar-refractivity contribution in [1.29, 1.82) is 0 Å². The van der Waals surface area contributed by atoms with Crippen molar-refractivity contribution in [1.82, 2.24) is 4.98 Å². The molecule has 0 saturated carbocycles. The van der Waals surface area contributed by atoms with Gasteiger partial charge in [-0.3, -0.25) is 0 Å². The molecule has 0 spiro atoms. The minimum atomic E-state index is 0.646. The molecule has 0 radical (unpaired) electrons. The maximum atomic E-state index is 5.73. The molecule has 0 bridgehead atoms. The molecule has 2 aromatic rings. The SMILES string of the molecule is CC(C)Cc1nc2ccc(OCCCCN)cc2s1. The Morgan fingerprint density at radius 3 is 2.89 bits per heavy atom. The fourth-order valence-corrected chi connectivity index (χ4v) is 3.12. The van der Waals surface area contributed by atoms with E-state index in [2.05, 4.69) is 24.9 Å². The summed E-state index contributed by atoms with van der Waals surface area (Å²) in [6, 6.07) is 6.15. The molecule has 0 aliphatic rings. The van der Waals surface area contributed by atoms with Crippen molar-refractivity contribution in [3.8, 4) is 5.75 Å². The second kappa shape index (κ2) is 6.87. The Labute approximate surface area is 118 Å². The summed E-state index contributed by atoms with van der Waals surface area (Å²) in [6.07, 6.45) is 3.07. The molecular weight excluding hydrogens is 256 g/mol. The molecule has 1 heterocycles. The van der Waals surface area contributed by atoms with Crippen molar-refractivity contribution in [3.05, 3.63) is 23.2 Å². The van der Waals surface area contributed by atoms with Gasteiger partial charge in [0.15, 0.2) is 0 Å². The van der Waals surface area contributed by atoms with Crippen LogP contribution < -0.4 is 10.5 Å². The zero-order valence-corrected chi connectivity index (χ0v) is 12.5. The Morgan fingerprint density at radius 2 is 2.16 bits per heavy atom. The smallest absolute Gasteiger partial charge is 0.120 e. The predicted octanol–water partition coefficient (Wildman–Crippen LogP) is 3.61. The first-order valence-electron chi connectivity index (χ1n) is 6.91. The summed E-state index contributed by atoms with van der Waals surface area (Å²) < 4.78 is 6.94. The molecular formula is C15H22N2OS. The average molecular weight is 278 g/mol. The number of ether oxygens (including phenoxy) is 1. The predicted molar refractivity (Wildman–Crippen MR) is 81.9 cm³/mol. The van der Waals surface area contributed by atoms with Crippen LogP contribution in [0, 0.1) is 5.92 Å². The van der Waals surface area contributed by atoms with E-state index in [4.69, 9.17) is 10.5 Å². The lowest BCUT2D eigenvalue weighted by atomic mass is 10.1. The number of nitrogens with two attached hydrogens (primary N) is 1. The maximum absolute atomic E-state index is 5.73. The number of aromatic nitrogens is 1. The molecule has 0 aliphatic carbocycles. The van der Waals surface area contributed by atoms with E-state index < -0.39 is 0 Å². The standard InChI is InChI=1S/C15H22N2OS/c1-11(2)9-15-17-13-6-5-12(10-14(13)19-15)18-8-4-3-7-16/h5-6,10-11H,3-4,7-9,16H2,1-2H3. The van der Waals surface area contributed by atoms with Crippen molar-refractivity contribution in [2.24, 2.45) is 11.7 Å². The van der Waals surface area contributed by atoms with Crippen LogP contribution in [0.15, 0.2) is 18.2 Å². The Morgan fingerprint density at radius 1 is 1.32 bits per heavy atom. The highest BCUT2D eigenvalue weighted by Gasteiger charge is 2.07. The number of unbranched alkanes of at least 4 members (excludes halogenated alkanes) is 1. The number of thiazole rings is 1. The van der Waals surface area contributed by atoms with Crippen LogP contribution in [0.2, 0.25) is 0 Å². The molecule has 2 N–H and O–H groups in total. The lowest BCUT2D eigenvalue weighted by molar-refractivity contribution is 0.308. The molecule has 0 fully saturated rings. The van der Waals surface area contributed by atoms with Gasteiger partial charge in [-0.1, -0.05) is 13.8 Å². The molecule has 0 unspecified atom stereocenters. The number of hydrogen-bond acceptors (Lipinski definition) is 4. The molecule has 4 heteroatoms. The first-order valence-corrected chi connectivity index (χ1v) is 7.73. The highest BCUT2D eigenvalue weighted by atomic mass is 32.1. The van der Waals surface area contributed by atoms with Crippen LogP contribution >= 0.6 is 11.3 Å². The van der Waals surface area contributed by atoms with E-state index in [9.17, 15) is 0 Å². The Kier molecular flexibility index (Phi) is 5.16. The minimum absolute atomic E-state index is 0.646. The zero-order valence-electron chi connectivity index (χ0n) is 11.7. The third-order valence-electron chi connectivity index (χ3n) is 2.85. The van der Waals surface area contributed by atoms with Crippen LogP contribution in [0.4, 0.5) is 0 Å².